The molecule has 3 fully saturated rings. The van der Waals surface area contributed by atoms with E-state index in [1.165, 1.54) is 22.6 Å². The van der Waals surface area contributed by atoms with Gasteiger partial charge in [0.25, 0.3) is 5.91 Å². The average molecular weight is 651 g/mol. The zero-order valence-electron chi connectivity index (χ0n) is 28.2. The van der Waals surface area contributed by atoms with Gasteiger partial charge in [0.05, 0.1) is 11.4 Å². The summed E-state index contributed by atoms with van der Waals surface area (Å²) >= 11 is 0. The summed E-state index contributed by atoms with van der Waals surface area (Å²) in [7, 11) is -3.34. The van der Waals surface area contributed by atoms with Crippen LogP contribution in [0.1, 0.15) is 70.9 Å². The van der Waals surface area contributed by atoms with Crippen LogP contribution in [0.25, 0.3) is 0 Å². The molecule has 2 aromatic carbocycles. The molecule has 0 radical (unpaired) electrons. The van der Waals surface area contributed by atoms with Gasteiger partial charge in [-0.25, -0.2) is 13.2 Å². The van der Waals surface area contributed by atoms with E-state index in [1.54, 1.807) is 17.0 Å². The standard InChI is InChI=1S/C36H50N4O5S/c1-26(2)21-40-34(43)39(22-27-12-14-30(15-13-27)46(6,44)45)33(42)36(40)16-18-37(19-17-36)23-29-24-38(32(41)20-35(3,4)5)25-31(29)28-10-8-7-9-11-28/h7-15,26,29,31H,16-25H2,1-6H3/t29-,31+/m0/s1. The van der Waals surface area contributed by atoms with Gasteiger partial charge >= 0.3 is 6.03 Å². The first-order chi connectivity index (χ1) is 21.6. The minimum absolute atomic E-state index is 0.0702. The molecule has 0 bridgehead atoms. The predicted octanol–water partition coefficient (Wildman–Crippen LogP) is 5.02. The van der Waals surface area contributed by atoms with E-state index in [2.05, 4.69) is 63.8 Å². The number of benzene rings is 2. The summed E-state index contributed by atoms with van der Waals surface area (Å²) in [6.07, 6.45) is 2.80. The van der Waals surface area contributed by atoms with Gasteiger partial charge in [0.1, 0.15) is 5.54 Å². The van der Waals surface area contributed by atoms with Gasteiger partial charge < -0.3 is 14.7 Å². The predicted molar refractivity (Wildman–Crippen MR) is 179 cm³/mol. The van der Waals surface area contributed by atoms with Crippen molar-refractivity contribution in [2.75, 3.05) is 45.5 Å². The maximum Gasteiger partial charge on any atom is 0.327 e. The molecule has 1 spiro atoms. The molecule has 3 aliphatic rings. The fourth-order valence-electron chi connectivity index (χ4n) is 7.39. The highest BCUT2D eigenvalue weighted by Gasteiger charge is 2.58. The van der Waals surface area contributed by atoms with Gasteiger partial charge in [-0.1, -0.05) is 77.1 Å². The largest absolute Gasteiger partial charge is 0.342 e. The summed E-state index contributed by atoms with van der Waals surface area (Å²) in [5.74, 6) is 0.769. The van der Waals surface area contributed by atoms with Gasteiger partial charge in [0.2, 0.25) is 5.91 Å². The molecule has 3 heterocycles. The van der Waals surface area contributed by atoms with Crippen LogP contribution in [-0.2, 0) is 26.0 Å². The molecule has 0 aliphatic carbocycles. The summed E-state index contributed by atoms with van der Waals surface area (Å²) in [6, 6.07) is 16.6. The lowest BCUT2D eigenvalue weighted by atomic mass is 9.83. The monoisotopic (exact) mass is 650 g/mol. The molecule has 2 aromatic rings. The first kappa shape index (κ1) is 34.1. The summed E-state index contributed by atoms with van der Waals surface area (Å²) in [6.45, 7) is 14.7. The second-order valence-corrected chi connectivity index (χ2v) is 17.3. The molecule has 0 unspecified atom stereocenters. The van der Waals surface area contributed by atoms with Gasteiger partial charge in [-0.2, -0.15) is 0 Å². The van der Waals surface area contributed by atoms with Crippen molar-refractivity contribution in [3.8, 4) is 0 Å². The Morgan fingerprint density at radius 1 is 0.957 bits per heavy atom. The normalized spacial score (nSPS) is 22.5. The highest BCUT2D eigenvalue weighted by molar-refractivity contribution is 7.90. The Kier molecular flexibility index (Phi) is 9.72. The topological polar surface area (TPSA) is 98.3 Å². The highest BCUT2D eigenvalue weighted by Crippen LogP contribution is 2.40. The molecule has 9 nitrogen and oxygen atoms in total. The Hall–Kier alpha value is -3.24. The van der Waals surface area contributed by atoms with E-state index < -0.39 is 15.4 Å². The van der Waals surface area contributed by atoms with Gasteiger partial charge in [-0.3, -0.25) is 14.5 Å². The summed E-state index contributed by atoms with van der Waals surface area (Å²) in [4.78, 5) is 49.0. The number of likely N-dealkylation sites (tertiary alicyclic amines) is 2. The molecule has 0 aromatic heterocycles. The molecule has 3 saturated heterocycles. The van der Waals surface area contributed by atoms with Gasteiger partial charge in [0, 0.05) is 57.9 Å². The average Bonchev–Trinajstić information content (AvgIpc) is 3.48. The van der Waals surface area contributed by atoms with Crippen molar-refractivity contribution < 1.29 is 22.8 Å². The first-order valence-electron chi connectivity index (χ1n) is 16.5. The van der Waals surface area contributed by atoms with Crippen LogP contribution in [0.2, 0.25) is 0 Å². The number of sulfone groups is 1. The van der Waals surface area contributed by atoms with Crippen LogP contribution in [-0.4, -0.2) is 96.9 Å². The number of carbonyl (C=O) groups excluding carboxylic acids is 3. The van der Waals surface area contributed by atoms with Crippen LogP contribution >= 0.6 is 0 Å². The summed E-state index contributed by atoms with van der Waals surface area (Å²) < 4.78 is 23.8. The third-order valence-corrected chi connectivity index (χ3v) is 10.9. The van der Waals surface area contributed by atoms with E-state index in [0.29, 0.717) is 44.5 Å². The smallest absolute Gasteiger partial charge is 0.327 e. The minimum Gasteiger partial charge on any atom is -0.342 e. The van der Waals surface area contributed by atoms with E-state index in [-0.39, 0.29) is 52.5 Å². The van der Waals surface area contributed by atoms with Crippen LogP contribution in [0, 0.1) is 17.3 Å². The van der Waals surface area contributed by atoms with Crippen molar-refractivity contribution in [1.82, 2.24) is 19.6 Å². The van der Waals surface area contributed by atoms with Crippen molar-refractivity contribution in [1.29, 1.82) is 0 Å². The summed E-state index contributed by atoms with van der Waals surface area (Å²) in [5.41, 5.74) is 1.02. The third kappa shape index (κ3) is 7.33. The number of hydrogen-bond acceptors (Lipinski definition) is 6. The quantitative estimate of drug-likeness (QED) is 0.354. The van der Waals surface area contributed by atoms with Crippen LogP contribution in [0.3, 0.4) is 0 Å². The molecule has 4 amide bonds. The van der Waals surface area contributed by atoms with Gasteiger partial charge in [-0.15, -0.1) is 0 Å². The number of urea groups is 1. The molecule has 10 heteroatoms. The fourth-order valence-corrected chi connectivity index (χ4v) is 8.02. The Labute approximate surface area is 274 Å². The maximum absolute atomic E-state index is 14.1. The SMILES string of the molecule is CC(C)CN1C(=O)N(Cc2ccc(S(C)(=O)=O)cc2)C(=O)C12CCN(C[C@H]1CN(C(=O)CC(C)(C)C)C[C@@H]1c1ccccc1)CC2. The van der Waals surface area contributed by atoms with Crippen LogP contribution < -0.4 is 0 Å². The molecule has 5 rings (SSSR count). The minimum atomic E-state index is -3.34. The number of nitrogens with zero attached hydrogens (tertiary/aromatic N) is 4. The van der Waals surface area contributed by atoms with Gasteiger partial charge in [-0.05, 0) is 53.4 Å². The highest BCUT2D eigenvalue weighted by atomic mass is 32.2. The lowest BCUT2D eigenvalue weighted by Crippen LogP contribution is -2.57. The number of amides is 4. The number of hydrogen-bond donors (Lipinski definition) is 0. The third-order valence-electron chi connectivity index (χ3n) is 9.74. The lowest BCUT2D eigenvalue weighted by molar-refractivity contribution is -0.136. The molecule has 0 N–H and O–H groups in total. The molecule has 250 valence electrons. The molecular formula is C36H50N4O5S. The lowest BCUT2D eigenvalue weighted by Gasteiger charge is -2.43. The number of imide groups is 1. The number of carbonyl (C=O) groups is 3. The van der Waals surface area contributed by atoms with E-state index in [0.717, 1.165) is 25.9 Å². The summed E-state index contributed by atoms with van der Waals surface area (Å²) in [5, 5.41) is 0. The van der Waals surface area contributed by atoms with Crippen LogP contribution in [0.15, 0.2) is 59.5 Å². The van der Waals surface area contributed by atoms with Crippen molar-refractivity contribution in [2.24, 2.45) is 17.3 Å². The van der Waals surface area contributed by atoms with E-state index in [4.69, 9.17) is 0 Å². The zero-order chi connectivity index (χ0) is 33.4. The zero-order valence-corrected chi connectivity index (χ0v) is 29.1. The maximum atomic E-state index is 14.1. The fraction of sp³-hybridized carbons (Fsp3) is 0.583. The van der Waals surface area contributed by atoms with Gasteiger partial charge in [0.15, 0.2) is 9.84 Å². The van der Waals surface area contributed by atoms with Crippen molar-refractivity contribution in [3.63, 3.8) is 0 Å². The molecule has 46 heavy (non-hydrogen) atoms. The van der Waals surface area contributed by atoms with E-state index >= 15 is 0 Å². The molecule has 0 saturated carbocycles. The molecule has 2 atom stereocenters. The second kappa shape index (κ2) is 13.1. The van der Waals surface area contributed by atoms with Crippen molar-refractivity contribution in [2.45, 2.75) is 76.8 Å². The Morgan fingerprint density at radius 3 is 2.15 bits per heavy atom. The van der Waals surface area contributed by atoms with Crippen LogP contribution in [0.4, 0.5) is 4.79 Å². The van der Waals surface area contributed by atoms with E-state index in [9.17, 15) is 22.8 Å². The molecule has 3 aliphatic heterocycles. The van der Waals surface area contributed by atoms with Crippen molar-refractivity contribution in [3.05, 3.63) is 65.7 Å². The Bertz CT molecular complexity index is 1530. The number of piperidine rings is 1. The van der Waals surface area contributed by atoms with Crippen LogP contribution in [0.5, 0.6) is 0 Å². The molecular weight excluding hydrogens is 600 g/mol. The van der Waals surface area contributed by atoms with Crippen molar-refractivity contribution >= 4 is 27.7 Å². The second-order valence-electron chi connectivity index (χ2n) is 15.2. The Morgan fingerprint density at radius 2 is 1.59 bits per heavy atom. The Balaban J connectivity index is 1.30. The number of rotatable bonds is 9. The first-order valence-corrected chi connectivity index (χ1v) is 18.4. The van der Waals surface area contributed by atoms with E-state index in [1.807, 2.05) is 11.0 Å².